The first kappa shape index (κ1) is 11.8. The molecular weight excluding hydrogens is 192 g/mol. The summed E-state index contributed by atoms with van der Waals surface area (Å²) in [6, 6.07) is 2.08. The van der Waals surface area contributed by atoms with E-state index in [1.165, 1.54) is 0 Å². The molecule has 0 fully saturated rings. The van der Waals surface area contributed by atoms with Gasteiger partial charge in [-0.2, -0.15) is 0 Å². The Morgan fingerprint density at radius 2 is 2.13 bits per heavy atom. The van der Waals surface area contributed by atoms with Crippen LogP contribution >= 0.6 is 0 Å². The first-order valence-electron chi connectivity index (χ1n) is 5.00. The zero-order valence-electron chi connectivity index (χ0n) is 9.49. The summed E-state index contributed by atoms with van der Waals surface area (Å²) >= 11 is 0. The first-order valence-corrected chi connectivity index (χ1v) is 5.00. The lowest BCUT2D eigenvalue weighted by molar-refractivity contribution is 0.383. The highest BCUT2D eigenvalue weighted by molar-refractivity contribution is 5.34. The first-order chi connectivity index (χ1) is 7.17. The summed E-state index contributed by atoms with van der Waals surface area (Å²) in [6.45, 7) is 1.99. The third-order valence-corrected chi connectivity index (χ3v) is 2.22. The highest BCUT2D eigenvalue weighted by atomic mass is 16.5. The second kappa shape index (κ2) is 5.56. The highest BCUT2D eigenvalue weighted by Gasteiger charge is 2.06. The number of aromatic nitrogens is 1. The Kier molecular flexibility index (Phi) is 4.37. The minimum atomic E-state index is 0.189. The number of ether oxygens (including phenoxy) is 2. The minimum absolute atomic E-state index is 0.189. The van der Waals surface area contributed by atoms with Crippen molar-refractivity contribution in [3.8, 4) is 11.6 Å². The Labute approximate surface area is 90.4 Å². The molecule has 0 unspecified atom stereocenters. The zero-order chi connectivity index (χ0) is 11.3. The fraction of sp³-hybridized carbons (Fsp3) is 0.545. The summed E-state index contributed by atoms with van der Waals surface area (Å²) in [5.41, 5.74) is 6.80. The van der Waals surface area contributed by atoms with Crippen molar-refractivity contribution in [1.82, 2.24) is 4.98 Å². The van der Waals surface area contributed by atoms with E-state index in [9.17, 15) is 0 Å². The molecule has 0 bridgehead atoms. The molecule has 0 saturated heterocycles. The van der Waals surface area contributed by atoms with Crippen LogP contribution in [0.4, 0.5) is 0 Å². The molecule has 1 aromatic heterocycles. The van der Waals surface area contributed by atoms with Crippen LogP contribution < -0.4 is 15.2 Å². The van der Waals surface area contributed by atoms with Crippen LogP contribution in [0.25, 0.3) is 0 Å². The topological polar surface area (TPSA) is 57.4 Å². The van der Waals surface area contributed by atoms with E-state index >= 15 is 0 Å². The molecule has 0 spiro atoms. The van der Waals surface area contributed by atoms with Crippen LogP contribution in [0.1, 0.15) is 18.9 Å². The number of nitrogens with zero attached hydrogens (tertiary/aromatic N) is 1. The largest absolute Gasteiger partial charge is 0.495 e. The molecule has 1 rings (SSSR count). The molecule has 1 atom stereocenters. The van der Waals surface area contributed by atoms with Crippen molar-refractivity contribution in [3.05, 3.63) is 17.8 Å². The van der Waals surface area contributed by atoms with Gasteiger partial charge in [0.1, 0.15) is 5.75 Å². The molecule has 4 nitrogen and oxygen atoms in total. The summed E-state index contributed by atoms with van der Waals surface area (Å²) < 4.78 is 10.3. The number of rotatable bonds is 5. The monoisotopic (exact) mass is 210 g/mol. The minimum Gasteiger partial charge on any atom is -0.495 e. The number of hydrogen-bond acceptors (Lipinski definition) is 4. The molecule has 2 N–H and O–H groups in total. The lowest BCUT2D eigenvalue weighted by Crippen LogP contribution is -2.15. The Bertz CT molecular complexity index is 313. The van der Waals surface area contributed by atoms with Gasteiger partial charge in [0.05, 0.1) is 20.4 Å². The van der Waals surface area contributed by atoms with E-state index < -0.39 is 0 Å². The molecule has 1 aromatic rings. The van der Waals surface area contributed by atoms with Gasteiger partial charge in [-0.05, 0) is 19.8 Å². The Morgan fingerprint density at radius 3 is 2.67 bits per heavy atom. The second-order valence-electron chi connectivity index (χ2n) is 3.55. The molecule has 0 aliphatic heterocycles. The van der Waals surface area contributed by atoms with Gasteiger partial charge in [0.2, 0.25) is 5.88 Å². The van der Waals surface area contributed by atoms with Crippen molar-refractivity contribution in [1.29, 1.82) is 0 Å². The highest BCUT2D eigenvalue weighted by Crippen LogP contribution is 2.22. The predicted molar refractivity (Wildman–Crippen MR) is 59.3 cm³/mol. The van der Waals surface area contributed by atoms with Gasteiger partial charge < -0.3 is 15.2 Å². The predicted octanol–water partition coefficient (Wildman–Crippen LogP) is 1.38. The fourth-order valence-corrected chi connectivity index (χ4v) is 1.34. The van der Waals surface area contributed by atoms with Crippen LogP contribution in [-0.2, 0) is 6.42 Å². The van der Waals surface area contributed by atoms with E-state index in [-0.39, 0.29) is 6.04 Å². The maximum atomic E-state index is 5.71. The number of nitrogens with two attached hydrogens (primary N) is 1. The van der Waals surface area contributed by atoms with E-state index in [0.717, 1.165) is 24.2 Å². The quantitative estimate of drug-likeness (QED) is 0.797. The summed E-state index contributed by atoms with van der Waals surface area (Å²) in [4.78, 5) is 4.08. The smallest absolute Gasteiger partial charge is 0.213 e. The lowest BCUT2D eigenvalue weighted by Gasteiger charge is -2.10. The van der Waals surface area contributed by atoms with Crippen LogP contribution in [0.3, 0.4) is 0 Å². The van der Waals surface area contributed by atoms with Gasteiger partial charge in [-0.1, -0.05) is 0 Å². The van der Waals surface area contributed by atoms with E-state index in [1.54, 1.807) is 20.4 Å². The molecule has 0 aliphatic rings. The Hall–Kier alpha value is -1.29. The molecule has 0 saturated carbocycles. The summed E-state index contributed by atoms with van der Waals surface area (Å²) in [6.07, 6.45) is 3.47. The van der Waals surface area contributed by atoms with Crippen molar-refractivity contribution in [2.45, 2.75) is 25.8 Å². The van der Waals surface area contributed by atoms with Crippen LogP contribution in [0.15, 0.2) is 12.3 Å². The average Bonchev–Trinajstić information content (AvgIpc) is 2.25. The zero-order valence-corrected chi connectivity index (χ0v) is 9.49. The number of hydrogen-bond donors (Lipinski definition) is 1. The van der Waals surface area contributed by atoms with Crippen molar-refractivity contribution >= 4 is 0 Å². The molecule has 0 aromatic carbocycles. The van der Waals surface area contributed by atoms with Gasteiger partial charge in [-0.15, -0.1) is 0 Å². The van der Waals surface area contributed by atoms with Crippen molar-refractivity contribution in [3.63, 3.8) is 0 Å². The van der Waals surface area contributed by atoms with Crippen molar-refractivity contribution < 1.29 is 9.47 Å². The molecule has 0 amide bonds. The van der Waals surface area contributed by atoms with E-state index in [4.69, 9.17) is 15.2 Å². The molecule has 0 radical (unpaired) electrons. The van der Waals surface area contributed by atoms with E-state index in [0.29, 0.717) is 5.88 Å². The molecule has 0 aliphatic carbocycles. The van der Waals surface area contributed by atoms with E-state index in [2.05, 4.69) is 4.98 Å². The van der Waals surface area contributed by atoms with Gasteiger partial charge >= 0.3 is 0 Å². The molecule has 15 heavy (non-hydrogen) atoms. The fourth-order valence-electron chi connectivity index (χ4n) is 1.34. The van der Waals surface area contributed by atoms with Crippen LogP contribution in [0.2, 0.25) is 0 Å². The Morgan fingerprint density at radius 1 is 1.40 bits per heavy atom. The third-order valence-electron chi connectivity index (χ3n) is 2.22. The molecular formula is C11H18N2O2. The maximum absolute atomic E-state index is 5.71. The summed E-state index contributed by atoms with van der Waals surface area (Å²) in [5.74, 6) is 1.40. The van der Waals surface area contributed by atoms with Crippen LogP contribution in [0.5, 0.6) is 11.6 Å². The molecule has 4 heteroatoms. The standard InChI is InChI=1S/C11H18N2O2/c1-8(12)4-5-9-6-11(15-3)13-7-10(9)14-2/h6-8H,4-5,12H2,1-3H3/t8-/m1/s1. The SMILES string of the molecule is COc1cc(CC[C@@H](C)N)c(OC)cn1. The second-order valence-corrected chi connectivity index (χ2v) is 3.55. The number of pyridine rings is 1. The average molecular weight is 210 g/mol. The van der Waals surface area contributed by atoms with Gasteiger partial charge in [0.15, 0.2) is 0 Å². The van der Waals surface area contributed by atoms with Crippen molar-refractivity contribution in [2.75, 3.05) is 14.2 Å². The maximum Gasteiger partial charge on any atom is 0.213 e. The number of aryl methyl sites for hydroxylation is 1. The van der Waals surface area contributed by atoms with Crippen LogP contribution in [0, 0.1) is 0 Å². The summed E-state index contributed by atoms with van der Waals surface area (Å²) in [7, 11) is 3.24. The van der Waals surface area contributed by atoms with Gasteiger partial charge in [0, 0.05) is 17.7 Å². The lowest BCUT2D eigenvalue weighted by atomic mass is 10.1. The van der Waals surface area contributed by atoms with E-state index in [1.807, 2.05) is 13.0 Å². The third kappa shape index (κ3) is 3.40. The van der Waals surface area contributed by atoms with Crippen molar-refractivity contribution in [2.24, 2.45) is 5.73 Å². The van der Waals surface area contributed by atoms with Gasteiger partial charge in [0.25, 0.3) is 0 Å². The Balaban J connectivity index is 2.81. The van der Waals surface area contributed by atoms with Crippen LogP contribution in [-0.4, -0.2) is 25.2 Å². The summed E-state index contributed by atoms with van der Waals surface area (Å²) in [5, 5.41) is 0. The number of methoxy groups -OCH3 is 2. The van der Waals surface area contributed by atoms with Gasteiger partial charge in [-0.25, -0.2) is 4.98 Å². The van der Waals surface area contributed by atoms with Gasteiger partial charge in [-0.3, -0.25) is 0 Å². The normalized spacial score (nSPS) is 12.3. The molecule has 84 valence electrons. The molecule has 1 heterocycles.